The monoisotopic (exact) mass is 270 g/mol. The molecule has 0 bridgehead atoms. The molecule has 0 amide bonds. The summed E-state index contributed by atoms with van der Waals surface area (Å²) in [6.07, 6.45) is 0. The van der Waals surface area contributed by atoms with Gasteiger partial charge in [-0.1, -0.05) is 0 Å². The van der Waals surface area contributed by atoms with E-state index in [-0.39, 0.29) is 80.8 Å². The number of hydrogen-bond acceptors (Lipinski definition) is 0. The SMILES string of the molecule is [Ce+3].[Fe+2].[Ni+2].[O-2]. The molecule has 4 heavy (non-hydrogen) atoms. The Morgan fingerprint density at radius 2 is 1.00 bits per heavy atom. The average molecular weight is 271 g/mol. The summed E-state index contributed by atoms with van der Waals surface area (Å²) in [5, 5.41) is 0. The van der Waals surface area contributed by atoms with Crippen molar-refractivity contribution in [2.24, 2.45) is 0 Å². The fraction of sp³-hybridized carbons (Fsp3) is 0. The van der Waals surface area contributed by atoms with E-state index in [1.165, 1.54) is 0 Å². The van der Waals surface area contributed by atoms with E-state index in [1.54, 1.807) is 0 Å². The fourth-order valence-corrected chi connectivity index (χ4v) is 0. The number of hydrogen-bond donors (Lipinski definition) is 0. The van der Waals surface area contributed by atoms with Crippen LogP contribution in [0.25, 0.3) is 0 Å². The average Bonchev–Trinajstić information content (AvgIpc) is 0. The summed E-state index contributed by atoms with van der Waals surface area (Å²) in [7, 11) is 0. The minimum atomic E-state index is 0. The third kappa shape index (κ3) is 8.84. The van der Waals surface area contributed by atoms with E-state index in [1.807, 2.05) is 0 Å². The van der Waals surface area contributed by atoms with E-state index in [0.717, 1.165) is 0 Å². The molecule has 4 heteroatoms. The van der Waals surface area contributed by atoms with Crippen LogP contribution < -0.4 is 0 Å². The van der Waals surface area contributed by atoms with Crippen molar-refractivity contribution in [3.8, 4) is 0 Å². The van der Waals surface area contributed by atoms with Crippen LogP contribution in [0.4, 0.5) is 0 Å². The summed E-state index contributed by atoms with van der Waals surface area (Å²) in [4.78, 5) is 0. The van der Waals surface area contributed by atoms with Crippen molar-refractivity contribution in [1.82, 2.24) is 0 Å². The maximum atomic E-state index is 0. The predicted molar refractivity (Wildman–Crippen MR) is 0.686 cm³/mol. The van der Waals surface area contributed by atoms with Crippen molar-refractivity contribution in [3.63, 3.8) is 0 Å². The van der Waals surface area contributed by atoms with Gasteiger partial charge in [0.05, 0.1) is 0 Å². The zero-order chi connectivity index (χ0) is 0. The summed E-state index contributed by atoms with van der Waals surface area (Å²) in [5.74, 6) is 0. The molecular formula is CeFeNiO+5. The van der Waals surface area contributed by atoms with Crippen LogP contribution in [0, 0.1) is 41.7 Å². The van der Waals surface area contributed by atoms with E-state index < -0.39 is 0 Å². The van der Waals surface area contributed by atoms with Crippen LogP contribution in [-0.2, 0) is 39.0 Å². The fourth-order valence-electron chi connectivity index (χ4n) is 0. The molecule has 0 aliphatic rings. The molecule has 0 aromatic rings. The van der Waals surface area contributed by atoms with Crippen molar-refractivity contribution in [2.75, 3.05) is 0 Å². The van der Waals surface area contributed by atoms with Gasteiger partial charge in [0.25, 0.3) is 0 Å². The summed E-state index contributed by atoms with van der Waals surface area (Å²) < 4.78 is 0. The summed E-state index contributed by atoms with van der Waals surface area (Å²) >= 11 is 0. The molecule has 0 heterocycles. The second-order valence-corrected chi connectivity index (χ2v) is 0. The van der Waals surface area contributed by atoms with Gasteiger partial charge < -0.3 is 5.48 Å². The molecule has 0 saturated carbocycles. The molecule has 0 atom stereocenters. The van der Waals surface area contributed by atoms with E-state index in [0.29, 0.717) is 0 Å². The second kappa shape index (κ2) is 18.3. The molecule has 0 unspecified atom stereocenters. The van der Waals surface area contributed by atoms with Crippen LogP contribution in [-0.4, -0.2) is 0 Å². The number of rotatable bonds is 0. The Labute approximate surface area is 79.4 Å². The van der Waals surface area contributed by atoms with Gasteiger partial charge in [0.1, 0.15) is 0 Å². The van der Waals surface area contributed by atoms with Crippen molar-refractivity contribution in [1.29, 1.82) is 0 Å². The third-order valence-electron chi connectivity index (χ3n) is 0. The Morgan fingerprint density at radius 1 is 1.00 bits per heavy atom. The quantitative estimate of drug-likeness (QED) is 0.549. The van der Waals surface area contributed by atoms with Crippen LogP contribution in [0.5, 0.6) is 0 Å². The molecule has 1 radical (unpaired) electrons. The largest absolute Gasteiger partial charge is 3.00 e. The third-order valence-corrected chi connectivity index (χ3v) is 0. The van der Waals surface area contributed by atoms with E-state index in [9.17, 15) is 0 Å². The first kappa shape index (κ1) is 32.9. The Hall–Kier alpha value is 2.35. The van der Waals surface area contributed by atoms with Gasteiger partial charge in [-0.25, -0.2) is 0 Å². The molecule has 1 nitrogen and oxygen atoms in total. The van der Waals surface area contributed by atoms with Gasteiger partial charge in [-0.15, -0.1) is 0 Å². The van der Waals surface area contributed by atoms with Gasteiger partial charge in [0.15, 0.2) is 0 Å². The van der Waals surface area contributed by atoms with E-state index in [4.69, 9.17) is 0 Å². The Kier molecular flexibility index (Phi) is 151. The van der Waals surface area contributed by atoms with Crippen LogP contribution in [0.2, 0.25) is 0 Å². The molecule has 0 aliphatic heterocycles. The minimum absolute atomic E-state index is 0. The molecule has 0 spiro atoms. The van der Waals surface area contributed by atoms with Crippen LogP contribution in [0.3, 0.4) is 0 Å². The van der Waals surface area contributed by atoms with Gasteiger partial charge in [0, 0.05) is 0 Å². The summed E-state index contributed by atoms with van der Waals surface area (Å²) in [5.41, 5.74) is 0. The molecule has 0 aromatic heterocycles. The van der Waals surface area contributed by atoms with Crippen LogP contribution in [0.15, 0.2) is 0 Å². The minimum Gasteiger partial charge on any atom is -2.00 e. The van der Waals surface area contributed by atoms with Gasteiger partial charge in [0.2, 0.25) is 0 Å². The van der Waals surface area contributed by atoms with Crippen molar-refractivity contribution < 1.29 is 80.8 Å². The zero-order valence-electron chi connectivity index (χ0n) is 1.58. The molecule has 0 N–H and O–H groups in total. The van der Waals surface area contributed by atoms with E-state index in [2.05, 4.69) is 0 Å². The molecule has 0 rings (SSSR count). The first-order valence-electron chi connectivity index (χ1n) is 0. The maximum absolute atomic E-state index is 0. The molecule has 0 fully saturated rings. The smallest absolute Gasteiger partial charge is 2.00 e. The summed E-state index contributed by atoms with van der Waals surface area (Å²) in [6.45, 7) is 0. The summed E-state index contributed by atoms with van der Waals surface area (Å²) in [6, 6.07) is 0. The Balaban J connectivity index is 0. The van der Waals surface area contributed by atoms with Crippen molar-refractivity contribution in [2.45, 2.75) is 0 Å². The maximum Gasteiger partial charge on any atom is 3.00 e. The normalized spacial score (nSPS) is 0. The van der Waals surface area contributed by atoms with Gasteiger partial charge >= 0.3 is 75.3 Å². The van der Waals surface area contributed by atoms with Crippen molar-refractivity contribution in [3.05, 3.63) is 0 Å². The second-order valence-electron chi connectivity index (χ2n) is 0. The Bertz CT molecular complexity index is 8.00. The van der Waals surface area contributed by atoms with E-state index >= 15 is 0 Å². The molecule has 0 saturated heterocycles. The predicted octanol–water partition coefficient (Wildman–Crippen LogP) is -0.124. The standard InChI is InChI=1S/Ce.Fe.Ni.O/q+3;2*+2;-2. The van der Waals surface area contributed by atoms with Gasteiger partial charge in [-0.2, -0.15) is 0 Å². The molecular weight excluding hydrogens is 271 g/mol. The first-order chi connectivity index (χ1) is 0. The molecule has 0 aromatic carbocycles. The Morgan fingerprint density at radius 3 is 1.00 bits per heavy atom. The molecule has 23 valence electrons. The van der Waals surface area contributed by atoms with Crippen LogP contribution >= 0.6 is 0 Å². The van der Waals surface area contributed by atoms with Gasteiger partial charge in [-0.3, -0.25) is 0 Å². The first-order valence-corrected chi connectivity index (χ1v) is 0. The topological polar surface area (TPSA) is 28.5 Å². The van der Waals surface area contributed by atoms with Gasteiger partial charge in [-0.05, 0) is 0 Å². The van der Waals surface area contributed by atoms with Crippen molar-refractivity contribution >= 4 is 0 Å². The van der Waals surface area contributed by atoms with Crippen LogP contribution in [0.1, 0.15) is 0 Å². The zero-order valence-corrected chi connectivity index (χ0v) is 6.81. The molecule has 0 aliphatic carbocycles.